The Labute approximate surface area is 134 Å². The molecular formula is C16H20N4O3. The molecule has 2 aliphatic heterocycles. The molecule has 1 saturated heterocycles. The van der Waals surface area contributed by atoms with Crippen LogP contribution in [0, 0.1) is 13.8 Å². The number of aromatic nitrogens is 3. The van der Waals surface area contributed by atoms with E-state index in [2.05, 4.69) is 15.4 Å². The fourth-order valence-electron chi connectivity index (χ4n) is 3.59. The van der Waals surface area contributed by atoms with Crippen molar-refractivity contribution in [3.05, 3.63) is 34.0 Å². The molecular weight excluding hydrogens is 296 g/mol. The van der Waals surface area contributed by atoms with Crippen LogP contribution in [0.15, 0.2) is 4.52 Å². The van der Waals surface area contributed by atoms with Gasteiger partial charge >= 0.3 is 0 Å². The van der Waals surface area contributed by atoms with Crippen LogP contribution in [0.2, 0.25) is 0 Å². The van der Waals surface area contributed by atoms with Gasteiger partial charge in [0.05, 0.1) is 24.6 Å². The van der Waals surface area contributed by atoms with Gasteiger partial charge in [0, 0.05) is 36.7 Å². The highest BCUT2D eigenvalue weighted by Gasteiger charge is 2.34. The van der Waals surface area contributed by atoms with Crippen molar-refractivity contribution in [2.45, 2.75) is 39.2 Å². The smallest absolute Gasteiger partial charge is 0.259 e. The summed E-state index contributed by atoms with van der Waals surface area (Å²) in [4.78, 5) is 14.6. The topological polar surface area (TPSA) is 84.3 Å². The van der Waals surface area contributed by atoms with Gasteiger partial charge in [-0.1, -0.05) is 5.16 Å². The number of hydrogen-bond acceptors (Lipinski definition) is 5. The molecule has 4 heterocycles. The van der Waals surface area contributed by atoms with Crippen molar-refractivity contribution in [3.63, 3.8) is 0 Å². The highest BCUT2D eigenvalue weighted by atomic mass is 16.5. The number of rotatable bonds is 2. The second-order valence-corrected chi connectivity index (χ2v) is 6.30. The number of fused-ring (bicyclic) bond motifs is 1. The summed E-state index contributed by atoms with van der Waals surface area (Å²) in [7, 11) is 0. The molecule has 1 amide bonds. The molecule has 0 aliphatic carbocycles. The molecule has 0 saturated carbocycles. The number of aromatic amines is 1. The van der Waals surface area contributed by atoms with Crippen LogP contribution in [0.3, 0.4) is 0 Å². The predicted octanol–water partition coefficient (Wildman–Crippen LogP) is 1.72. The zero-order chi connectivity index (χ0) is 16.0. The van der Waals surface area contributed by atoms with E-state index in [0.717, 1.165) is 31.7 Å². The van der Waals surface area contributed by atoms with Crippen LogP contribution in [-0.2, 0) is 17.8 Å². The Morgan fingerprint density at radius 3 is 3.04 bits per heavy atom. The molecule has 122 valence electrons. The average molecular weight is 316 g/mol. The Morgan fingerprint density at radius 2 is 2.26 bits per heavy atom. The highest BCUT2D eigenvalue weighted by Crippen LogP contribution is 2.32. The molecule has 0 aromatic carbocycles. The van der Waals surface area contributed by atoms with E-state index in [1.807, 2.05) is 4.90 Å². The molecule has 7 heteroatoms. The van der Waals surface area contributed by atoms with Crippen molar-refractivity contribution >= 4 is 5.91 Å². The number of aryl methyl sites for hydroxylation is 2. The lowest BCUT2D eigenvalue weighted by molar-refractivity contribution is 0.0788. The second kappa shape index (κ2) is 5.49. The minimum atomic E-state index is 0.00408. The minimum absolute atomic E-state index is 0.00408. The Bertz CT molecular complexity index is 729. The standard InChI is InChI=1S/C16H20N4O3/c1-9-14(10(2)23-19-9)16(21)20-5-3-11(7-20)15-12-8-22-6-4-13(12)17-18-15/h11H,3-8H2,1-2H3,(H,17,18). The molecule has 7 nitrogen and oxygen atoms in total. The summed E-state index contributed by atoms with van der Waals surface area (Å²) in [6.07, 6.45) is 1.81. The van der Waals surface area contributed by atoms with Gasteiger partial charge in [-0.3, -0.25) is 9.89 Å². The Hall–Kier alpha value is -2.15. The summed E-state index contributed by atoms with van der Waals surface area (Å²) in [6.45, 7) is 6.36. The summed E-state index contributed by atoms with van der Waals surface area (Å²) in [5.74, 6) is 0.854. The van der Waals surface area contributed by atoms with Gasteiger partial charge in [-0.2, -0.15) is 5.10 Å². The van der Waals surface area contributed by atoms with E-state index in [1.165, 1.54) is 11.3 Å². The van der Waals surface area contributed by atoms with Gasteiger partial charge in [-0.25, -0.2) is 0 Å². The Balaban J connectivity index is 1.53. The fraction of sp³-hybridized carbons (Fsp3) is 0.562. The second-order valence-electron chi connectivity index (χ2n) is 6.30. The quantitative estimate of drug-likeness (QED) is 0.912. The summed E-state index contributed by atoms with van der Waals surface area (Å²) in [5, 5.41) is 11.5. The number of hydrogen-bond donors (Lipinski definition) is 1. The van der Waals surface area contributed by atoms with E-state index < -0.39 is 0 Å². The number of likely N-dealkylation sites (tertiary alicyclic amines) is 1. The van der Waals surface area contributed by atoms with Crippen LogP contribution in [0.5, 0.6) is 0 Å². The maximum absolute atomic E-state index is 12.7. The van der Waals surface area contributed by atoms with Crippen molar-refractivity contribution < 1.29 is 14.1 Å². The Kier molecular flexibility index (Phi) is 3.45. The zero-order valence-electron chi connectivity index (χ0n) is 13.4. The minimum Gasteiger partial charge on any atom is -0.376 e. The molecule has 2 aliphatic rings. The predicted molar refractivity (Wildman–Crippen MR) is 81.2 cm³/mol. The van der Waals surface area contributed by atoms with Gasteiger partial charge in [0.1, 0.15) is 11.3 Å². The molecule has 0 radical (unpaired) electrons. The summed E-state index contributed by atoms with van der Waals surface area (Å²) >= 11 is 0. The van der Waals surface area contributed by atoms with E-state index in [0.29, 0.717) is 30.2 Å². The monoisotopic (exact) mass is 316 g/mol. The fourth-order valence-corrected chi connectivity index (χ4v) is 3.59. The van der Waals surface area contributed by atoms with Gasteiger partial charge < -0.3 is 14.2 Å². The first-order valence-corrected chi connectivity index (χ1v) is 8.01. The Morgan fingerprint density at radius 1 is 1.39 bits per heavy atom. The summed E-state index contributed by atoms with van der Waals surface area (Å²) < 4.78 is 10.7. The van der Waals surface area contributed by atoms with Gasteiger partial charge in [-0.15, -0.1) is 0 Å². The largest absolute Gasteiger partial charge is 0.376 e. The first-order valence-electron chi connectivity index (χ1n) is 8.01. The SMILES string of the molecule is Cc1noc(C)c1C(=O)N1CCC(c2n[nH]c3c2COCC3)C1. The molecule has 1 unspecified atom stereocenters. The molecule has 0 bridgehead atoms. The average Bonchev–Trinajstić information content (AvgIpc) is 3.25. The highest BCUT2D eigenvalue weighted by molar-refractivity contribution is 5.96. The third kappa shape index (κ3) is 2.35. The number of amides is 1. The molecule has 1 N–H and O–H groups in total. The molecule has 2 aromatic heterocycles. The molecule has 4 rings (SSSR count). The van der Waals surface area contributed by atoms with Crippen molar-refractivity contribution in [1.82, 2.24) is 20.3 Å². The zero-order valence-corrected chi connectivity index (χ0v) is 13.4. The van der Waals surface area contributed by atoms with Crippen LogP contribution < -0.4 is 0 Å². The molecule has 0 spiro atoms. The molecule has 1 fully saturated rings. The van der Waals surface area contributed by atoms with Crippen molar-refractivity contribution in [2.24, 2.45) is 0 Å². The number of nitrogens with zero attached hydrogens (tertiary/aromatic N) is 3. The van der Waals surface area contributed by atoms with Crippen molar-refractivity contribution in [2.75, 3.05) is 19.7 Å². The molecule has 2 aromatic rings. The maximum atomic E-state index is 12.7. The van der Waals surface area contributed by atoms with Gasteiger partial charge in [-0.05, 0) is 20.3 Å². The van der Waals surface area contributed by atoms with Crippen LogP contribution >= 0.6 is 0 Å². The lowest BCUT2D eigenvalue weighted by Crippen LogP contribution is -2.29. The molecule has 1 atom stereocenters. The third-order valence-electron chi connectivity index (χ3n) is 4.84. The lowest BCUT2D eigenvalue weighted by Gasteiger charge is -2.17. The van der Waals surface area contributed by atoms with E-state index in [1.54, 1.807) is 13.8 Å². The van der Waals surface area contributed by atoms with Crippen LogP contribution in [-0.4, -0.2) is 45.9 Å². The number of nitrogens with one attached hydrogen (secondary N) is 1. The van der Waals surface area contributed by atoms with E-state index in [4.69, 9.17) is 9.26 Å². The normalized spacial score (nSPS) is 20.8. The van der Waals surface area contributed by atoms with E-state index in [9.17, 15) is 4.79 Å². The first-order chi connectivity index (χ1) is 11.1. The lowest BCUT2D eigenvalue weighted by atomic mass is 9.98. The molecule has 23 heavy (non-hydrogen) atoms. The number of H-pyrrole nitrogens is 1. The summed E-state index contributed by atoms with van der Waals surface area (Å²) in [5.41, 5.74) is 4.68. The third-order valence-corrected chi connectivity index (χ3v) is 4.84. The van der Waals surface area contributed by atoms with Gasteiger partial charge in [0.25, 0.3) is 5.91 Å². The van der Waals surface area contributed by atoms with Gasteiger partial charge in [0.2, 0.25) is 0 Å². The van der Waals surface area contributed by atoms with Crippen molar-refractivity contribution in [1.29, 1.82) is 0 Å². The van der Waals surface area contributed by atoms with Crippen molar-refractivity contribution in [3.8, 4) is 0 Å². The van der Waals surface area contributed by atoms with Crippen LogP contribution in [0.25, 0.3) is 0 Å². The van der Waals surface area contributed by atoms with Gasteiger partial charge in [0.15, 0.2) is 0 Å². The van der Waals surface area contributed by atoms with Crippen LogP contribution in [0.4, 0.5) is 0 Å². The van der Waals surface area contributed by atoms with E-state index >= 15 is 0 Å². The maximum Gasteiger partial charge on any atom is 0.259 e. The van der Waals surface area contributed by atoms with E-state index in [-0.39, 0.29) is 11.8 Å². The number of ether oxygens (including phenoxy) is 1. The summed E-state index contributed by atoms with van der Waals surface area (Å²) in [6, 6.07) is 0. The first kappa shape index (κ1) is 14.4. The number of carbonyl (C=O) groups is 1. The van der Waals surface area contributed by atoms with Crippen LogP contribution in [0.1, 0.15) is 51.1 Å². The number of carbonyl (C=O) groups excluding carboxylic acids is 1.